The molecule has 1 N–H and O–H groups in total. The smallest absolute Gasteiger partial charge is 0.144 e. The standard InChI is InChI=1S/C17H25N3/c1-12(2)8-9-13(3)19-17-15(11-18)10-14-6-4-5-7-16(14)20-17/h10,12-13H,4-9H2,1-3H3,(H,19,20). The Hall–Kier alpha value is -1.56. The molecule has 0 saturated carbocycles. The molecule has 2 rings (SSSR count). The first-order valence-corrected chi connectivity index (χ1v) is 7.79. The maximum absolute atomic E-state index is 9.32. The van der Waals surface area contributed by atoms with E-state index in [1.54, 1.807) is 0 Å². The highest BCUT2D eigenvalue weighted by atomic mass is 15.0. The van der Waals surface area contributed by atoms with Crippen molar-refractivity contribution in [2.45, 2.75) is 65.3 Å². The van der Waals surface area contributed by atoms with E-state index in [0.717, 1.165) is 25.1 Å². The average molecular weight is 271 g/mol. The molecule has 1 atom stereocenters. The van der Waals surface area contributed by atoms with E-state index in [4.69, 9.17) is 4.98 Å². The van der Waals surface area contributed by atoms with Crippen LogP contribution in [-0.4, -0.2) is 11.0 Å². The summed E-state index contributed by atoms with van der Waals surface area (Å²) < 4.78 is 0. The van der Waals surface area contributed by atoms with Gasteiger partial charge < -0.3 is 5.32 Å². The van der Waals surface area contributed by atoms with Gasteiger partial charge in [-0.1, -0.05) is 13.8 Å². The molecule has 20 heavy (non-hydrogen) atoms. The molecule has 0 amide bonds. The van der Waals surface area contributed by atoms with Gasteiger partial charge in [-0.05, 0) is 63.0 Å². The molecule has 108 valence electrons. The Morgan fingerprint density at radius 1 is 1.25 bits per heavy atom. The predicted octanol–water partition coefficient (Wildman–Crippen LogP) is 4.07. The molecule has 1 heterocycles. The normalized spacial score (nSPS) is 15.6. The highest BCUT2D eigenvalue weighted by Crippen LogP contribution is 2.25. The molecular weight excluding hydrogens is 246 g/mol. The Morgan fingerprint density at radius 3 is 2.70 bits per heavy atom. The number of rotatable bonds is 5. The number of hydrogen-bond acceptors (Lipinski definition) is 3. The van der Waals surface area contributed by atoms with Gasteiger partial charge in [0.2, 0.25) is 0 Å². The van der Waals surface area contributed by atoms with Crippen molar-refractivity contribution in [3.05, 3.63) is 22.9 Å². The van der Waals surface area contributed by atoms with Crippen molar-refractivity contribution in [3.63, 3.8) is 0 Å². The summed E-state index contributed by atoms with van der Waals surface area (Å²) in [5.74, 6) is 1.50. The Bertz CT molecular complexity index is 500. The molecule has 0 spiro atoms. The Labute approximate surface area is 122 Å². The number of pyridine rings is 1. The van der Waals surface area contributed by atoms with Gasteiger partial charge in [0, 0.05) is 11.7 Å². The SMILES string of the molecule is CC(C)CCC(C)Nc1nc2c(cc1C#N)CCCC2. The number of nitrogens with one attached hydrogen (secondary N) is 1. The fourth-order valence-electron chi connectivity index (χ4n) is 2.72. The van der Waals surface area contributed by atoms with E-state index in [2.05, 4.69) is 32.2 Å². The molecule has 1 aromatic rings. The molecule has 3 heteroatoms. The number of hydrogen-bond donors (Lipinski definition) is 1. The molecule has 0 saturated heterocycles. The van der Waals surface area contributed by atoms with E-state index in [1.165, 1.54) is 30.5 Å². The molecule has 1 unspecified atom stereocenters. The minimum atomic E-state index is 0.360. The number of aryl methyl sites for hydroxylation is 2. The second-order valence-electron chi connectivity index (χ2n) is 6.33. The highest BCUT2D eigenvalue weighted by molar-refractivity contribution is 5.55. The zero-order valence-corrected chi connectivity index (χ0v) is 12.9. The van der Waals surface area contributed by atoms with E-state index in [1.807, 2.05) is 6.07 Å². The van der Waals surface area contributed by atoms with Gasteiger partial charge >= 0.3 is 0 Å². The number of aromatic nitrogens is 1. The maximum Gasteiger partial charge on any atom is 0.144 e. The highest BCUT2D eigenvalue weighted by Gasteiger charge is 2.16. The summed E-state index contributed by atoms with van der Waals surface area (Å²) in [7, 11) is 0. The van der Waals surface area contributed by atoms with E-state index >= 15 is 0 Å². The molecule has 0 aromatic carbocycles. The quantitative estimate of drug-likeness (QED) is 0.878. The monoisotopic (exact) mass is 271 g/mol. The van der Waals surface area contributed by atoms with Crippen molar-refractivity contribution in [3.8, 4) is 6.07 Å². The summed E-state index contributed by atoms with van der Waals surface area (Å²) in [6, 6.07) is 4.69. The van der Waals surface area contributed by atoms with E-state index in [-0.39, 0.29) is 0 Å². The van der Waals surface area contributed by atoms with Crippen LogP contribution in [0, 0.1) is 17.2 Å². The lowest BCUT2D eigenvalue weighted by atomic mass is 9.95. The van der Waals surface area contributed by atoms with Crippen LogP contribution in [0.5, 0.6) is 0 Å². The fraction of sp³-hybridized carbons (Fsp3) is 0.647. The maximum atomic E-state index is 9.32. The van der Waals surface area contributed by atoms with Crippen LogP contribution in [0.1, 0.15) is 63.3 Å². The van der Waals surface area contributed by atoms with Gasteiger partial charge in [0.1, 0.15) is 11.9 Å². The molecule has 0 radical (unpaired) electrons. The summed E-state index contributed by atoms with van der Waals surface area (Å²) in [4.78, 5) is 4.72. The molecule has 0 fully saturated rings. The van der Waals surface area contributed by atoms with Crippen molar-refractivity contribution in [2.24, 2.45) is 5.92 Å². The minimum Gasteiger partial charge on any atom is -0.367 e. The van der Waals surface area contributed by atoms with Crippen molar-refractivity contribution in [2.75, 3.05) is 5.32 Å². The van der Waals surface area contributed by atoms with Gasteiger partial charge in [0.05, 0.1) is 5.56 Å². The van der Waals surface area contributed by atoms with Crippen LogP contribution in [0.3, 0.4) is 0 Å². The van der Waals surface area contributed by atoms with Crippen molar-refractivity contribution in [1.29, 1.82) is 5.26 Å². The first kappa shape index (κ1) is 14.8. The lowest BCUT2D eigenvalue weighted by molar-refractivity contribution is 0.527. The largest absolute Gasteiger partial charge is 0.367 e. The number of fused-ring (bicyclic) bond motifs is 1. The second-order valence-corrected chi connectivity index (χ2v) is 6.33. The molecule has 1 aromatic heterocycles. The Morgan fingerprint density at radius 2 is 2.00 bits per heavy atom. The first-order chi connectivity index (χ1) is 9.60. The van der Waals surface area contributed by atoms with Crippen LogP contribution in [0.25, 0.3) is 0 Å². The summed E-state index contributed by atoms with van der Waals surface area (Å²) >= 11 is 0. The zero-order valence-electron chi connectivity index (χ0n) is 12.9. The average Bonchev–Trinajstić information content (AvgIpc) is 2.44. The summed E-state index contributed by atoms with van der Waals surface area (Å²) in [6.07, 6.45) is 6.87. The summed E-state index contributed by atoms with van der Waals surface area (Å²) in [5, 5.41) is 12.8. The number of nitrogens with zero attached hydrogens (tertiary/aromatic N) is 2. The lowest BCUT2D eigenvalue weighted by Crippen LogP contribution is -2.19. The van der Waals surface area contributed by atoms with Gasteiger partial charge in [0.25, 0.3) is 0 Å². The first-order valence-electron chi connectivity index (χ1n) is 7.79. The van der Waals surface area contributed by atoms with Gasteiger partial charge in [-0.3, -0.25) is 0 Å². The molecule has 1 aliphatic rings. The lowest BCUT2D eigenvalue weighted by Gasteiger charge is -2.20. The zero-order chi connectivity index (χ0) is 14.5. The summed E-state index contributed by atoms with van der Waals surface area (Å²) in [5.41, 5.74) is 3.16. The van der Waals surface area contributed by atoms with Crippen LogP contribution in [-0.2, 0) is 12.8 Å². The minimum absolute atomic E-state index is 0.360. The van der Waals surface area contributed by atoms with Crippen molar-refractivity contribution >= 4 is 5.82 Å². The molecule has 1 aliphatic carbocycles. The van der Waals surface area contributed by atoms with Crippen LogP contribution in [0.4, 0.5) is 5.82 Å². The second kappa shape index (κ2) is 6.74. The topological polar surface area (TPSA) is 48.7 Å². The van der Waals surface area contributed by atoms with E-state index in [9.17, 15) is 5.26 Å². The van der Waals surface area contributed by atoms with Crippen LogP contribution < -0.4 is 5.32 Å². The third-order valence-corrected chi connectivity index (χ3v) is 3.98. The third kappa shape index (κ3) is 3.72. The van der Waals surface area contributed by atoms with Gasteiger partial charge in [0.15, 0.2) is 0 Å². The Kier molecular flexibility index (Phi) is 5.00. The van der Waals surface area contributed by atoms with Crippen molar-refractivity contribution < 1.29 is 0 Å². The number of nitriles is 1. The van der Waals surface area contributed by atoms with E-state index in [0.29, 0.717) is 17.5 Å². The Balaban J connectivity index is 2.12. The third-order valence-electron chi connectivity index (χ3n) is 3.98. The molecule has 3 nitrogen and oxygen atoms in total. The molecule has 0 aliphatic heterocycles. The van der Waals surface area contributed by atoms with Crippen LogP contribution in [0.15, 0.2) is 6.07 Å². The van der Waals surface area contributed by atoms with Crippen LogP contribution >= 0.6 is 0 Å². The predicted molar refractivity (Wildman–Crippen MR) is 82.8 cm³/mol. The van der Waals surface area contributed by atoms with E-state index < -0.39 is 0 Å². The number of anilines is 1. The van der Waals surface area contributed by atoms with Gasteiger partial charge in [-0.25, -0.2) is 4.98 Å². The van der Waals surface area contributed by atoms with Gasteiger partial charge in [-0.2, -0.15) is 5.26 Å². The van der Waals surface area contributed by atoms with Crippen molar-refractivity contribution in [1.82, 2.24) is 4.98 Å². The van der Waals surface area contributed by atoms with Crippen LogP contribution in [0.2, 0.25) is 0 Å². The molecule has 0 bridgehead atoms. The summed E-state index contributed by atoms with van der Waals surface area (Å²) in [6.45, 7) is 6.65. The van der Waals surface area contributed by atoms with Gasteiger partial charge in [-0.15, -0.1) is 0 Å². The molecular formula is C17H25N3. The fourth-order valence-corrected chi connectivity index (χ4v) is 2.72.